The molecule has 1 N–H and O–H groups in total. The van der Waals surface area contributed by atoms with Gasteiger partial charge in [0.15, 0.2) is 0 Å². The molecule has 118 valence electrons. The third-order valence-electron chi connectivity index (χ3n) is 2.63. The van der Waals surface area contributed by atoms with Crippen LogP contribution >= 0.6 is 0 Å². The number of nitrogens with zero attached hydrogens (tertiary/aromatic N) is 2. The molecule has 4 nitrogen and oxygen atoms in total. The van der Waals surface area contributed by atoms with Crippen molar-refractivity contribution in [2.75, 3.05) is 66.6 Å². The number of ether oxygens (including phenoxy) is 1. The Labute approximate surface area is 121 Å². The van der Waals surface area contributed by atoms with Crippen LogP contribution < -0.4 is 5.32 Å². The predicted molar refractivity (Wildman–Crippen MR) is 86.0 cm³/mol. The highest BCUT2D eigenvalue weighted by molar-refractivity contribution is 4.62. The van der Waals surface area contributed by atoms with Gasteiger partial charge in [-0.15, -0.1) is 0 Å². The molecule has 4 heteroatoms. The Morgan fingerprint density at radius 3 is 2.05 bits per heavy atom. The van der Waals surface area contributed by atoms with Crippen LogP contribution in [0.5, 0.6) is 0 Å². The summed E-state index contributed by atoms with van der Waals surface area (Å²) in [7, 11) is 4.17. The summed E-state index contributed by atoms with van der Waals surface area (Å²) < 4.78 is 5.24. The molecule has 0 bridgehead atoms. The third-order valence-corrected chi connectivity index (χ3v) is 2.63. The molecule has 0 spiro atoms. The summed E-state index contributed by atoms with van der Waals surface area (Å²) in [6.07, 6.45) is 1.26. The fourth-order valence-corrected chi connectivity index (χ4v) is 1.69. The molecule has 1 fully saturated rings. The van der Waals surface area contributed by atoms with E-state index >= 15 is 0 Å². The molecule has 1 heterocycles. The summed E-state index contributed by atoms with van der Waals surface area (Å²) in [5.41, 5.74) is 0. The van der Waals surface area contributed by atoms with Gasteiger partial charge in [-0.05, 0) is 33.6 Å². The van der Waals surface area contributed by atoms with E-state index in [-0.39, 0.29) is 0 Å². The van der Waals surface area contributed by atoms with Gasteiger partial charge >= 0.3 is 0 Å². The van der Waals surface area contributed by atoms with Crippen LogP contribution in [-0.4, -0.2) is 76.4 Å². The van der Waals surface area contributed by atoms with Gasteiger partial charge in [0.1, 0.15) is 0 Å². The average molecular weight is 275 g/mol. The molecule has 1 aliphatic heterocycles. The number of hydrogen-bond acceptors (Lipinski definition) is 4. The summed E-state index contributed by atoms with van der Waals surface area (Å²) >= 11 is 0. The van der Waals surface area contributed by atoms with Crippen molar-refractivity contribution in [1.82, 2.24) is 15.1 Å². The first kappa shape index (κ1) is 21.1. The summed E-state index contributed by atoms with van der Waals surface area (Å²) in [5.74, 6) is 0. The minimum Gasteiger partial charge on any atom is -0.379 e. The van der Waals surface area contributed by atoms with Gasteiger partial charge < -0.3 is 15.0 Å². The summed E-state index contributed by atoms with van der Waals surface area (Å²) in [6.45, 7) is 16.9. The molecular weight excluding hydrogens is 238 g/mol. The highest BCUT2D eigenvalue weighted by atomic mass is 16.5. The largest absolute Gasteiger partial charge is 0.379 e. The van der Waals surface area contributed by atoms with Crippen molar-refractivity contribution >= 4 is 0 Å². The molecule has 19 heavy (non-hydrogen) atoms. The monoisotopic (exact) mass is 275 g/mol. The average Bonchev–Trinajstić information content (AvgIpc) is 2.43. The molecule has 0 aromatic heterocycles. The smallest absolute Gasteiger partial charge is 0.0594 e. The van der Waals surface area contributed by atoms with E-state index in [0.29, 0.717) is 0 Å². The molecule has 1 saturated heterocycles. The highest BCUT2D eigenvalue weighted by Crippen LogP contribution is 1.94. The normalized spacial score (nSPS) is 15.3. The first-order valence-corrected chi connectivity index (χ1v) is 7.86. The van der Waals surface area contributed by atoms with Gasteiger partial charge in [0.25, 0.3) is 0 Å². The first-order chi connectivity index (χ1) is 9.20. The third kappa shape index (κ3) is 17.8. The van der Waals surface area contributed by atoms with E-state index in [4.69, 9.17) is 4.74 Å². The van der Waals surface area contributed by atoms with Gasteiger partial charge in [0, 0.05) is 26.2 Å². The maximum absolute atomic E-state index is 5.24. The van der Waals surface area contributed by atoms with Crippen LogP contribution in [0.3, 0.4) is 0 Å². The van der Waals surface area contributed by atoms with Crippen LogP contribution in [0.2, 0.25) is 0 Å². The molecule has 1 rings (SSSR count). The van der Waals surface area contributed by atoms with E-state index in [1.807, 2.05) is 13.8 Å². The zero-order valence-corrected chi connectivity index (χ0v) is 14.2. The molecular formula is C15H37N3O. The molecule has 0 aromatic rings. The topological polar surface area (TPSA) is 27.7 Å². The molecule has 0 aromatic carbocycles. The molecule has 1 aliphatic rings. The molecule has 0 amide bonds. The Kier molecular flexibility index (Phi) is 19.9. The number of morpholine rings is 1. The van der Waals surface area contributed by atoms with Crippen LogP contribution in [0.25, 0.3) is 0 Å². The van der Waals surface area contributed by atoms with E-state index in [1.54, 1.807) is 0 Å². The standard InChI is InChI=1S/C8H18N2O.C5H13N.C2H6/c1-2-9-3-4-10-5-7-11-8-6-10;1-4-5-6(2)3;1-2/h9H,2-8H2,1H3;4-5H2,1-3H3;1-2H3. The van der Waals surface area contributed by atoms with Crippen molar-refractivity contribution in [1.29, 1.82) is 0 Å². The molecule has 0 aliphatic carbocycles. The quantitative estimate of drug-likeness (QED) is 0.750. The second kappa shape index (κ2) is 17.8. The summed E-state index contributed by atoms with van der Waals surface area (Å²) in [6, 6.07) is 0. The Morgan fingerprint density at radius 2 is 1.68 bits per heavy atom. The molecule has 0 unspecified atom stereocenters. The summed E-state index contributed by atoms with van der Waals surface area (Å²) in [5, 5.41) is 3.31. The Hall–Kier alpha value is -0.160. The Morgan fingerprint density at radius 1 is 1.11 bits per heavy atom. The lowest BCUT2D eigenvalue weighted by Crippen LogP contribution is -2.40. The van der Waals surface area contributed by atoms with Gasteiger partial charge in [-0.3, -0.25) is 4.90 Å². The maximum Gasteiger partial charge on any atom is 0.0594 e. The zero-order valence-electron chi connectivity index (χ0n) is 14.2. The van der Waals surface area contributed by atoms with E-state index in [2.05, 4.69) is 43.1 Å². The van der Waals surface area contributed by atoms with Crippen molar-refractivity contribution in [2.45, 2.75) is 34.1 Å². The fraction of sp³-hybridized carbons (Fsp3) is 1.00. The number of nitrogens with one attached hydrogen (secondary N) is 1. The minimum atomic E-state index is 0.909. The van der Waals surface area contributed by atoms with Gasteiger partial charge in [-0.25, -0.2) is 0 Å². The Bertz CT molecular complexity index is 148. The first-order valence-electron chi connectivity index (χ1n) is 7.86. The van der Waals surface area contributed by atoms with Crippen LogP contribution in [0.4, 0.5) is 0 Å². The van der Waals surface area contributed by atoms with Crippen molar-refractivity contribution in [3.8, 4) is 0 Å². The van der Waals surface area contributed by atoms with Crippen LogP contribution in [0.1, 0.15) is 34.1 Å². The summed E-state index contributed by atoms with van der Waals surface area (Å²) in [4.78, 5) is 4.62. The van der Waals surface area contributed by atoms with Crippen molar-refractivity contribution in [3.05, 3.63) is 0 Å². The molecule has 0 saturated carbocycles. The second-order valence-corrected chi connectivity index (χ2v) is 4.61. The van der Waals surface area contributed by atoms with Crippen LogP contribution in [-0.2, 0) is 4.74 Å². The fourth-order valence-electron chi connectivity index (χ4n) is 1.69. The molecule has 0 radical (unpaired) electrons. The highest BCUT2D eigenvalue weighted by Gasteiger charge is 2.08. The van der Waals surface area contributed by atoms with E-state index < -0.39 is 0 Å². The van der Waals surface area contributed by atoms with Gasteiger partial charge in [-0.2, -0.15) is 0 Å². The second-order valence-electron chi connectivity index (χ2n) is 4.61. The van der Waals surface area contributed by atoms with Gasteiger partial charge in [0.05, 0.1) is 13.2 Å². The van der Waals surface area contributed by atoms with Gasteiger partial charge in [-0.1, -0.05) is 27.7 Å². The maximum atomic E-state index is 5.24. The van der Waals surface area contributed by atoms with E-state index in [9.17, 15) is 0 Å². The lowest BCUT2D eigenvalue weighted by molar-refractivity contribution is 0.0385. The lowest BCUT2D eigenvalue weighted by Gasteiger charge is -2.26. The minimum absolute atomic E-state index is 0.909. The predicted octanol–water partition coefficient (Wildman–Crippen LogP) is 1.91. The SMILES string of the molecule is CC.CCCN(C)C.CCNCCN1CCOCC1. The van der Waals surface area contributed by atoms with Crippen molar-refractivity contribution in [3.63, 3.8) is 0 Å². The number of likely N-dealkylation sites (N-methyl/N-ethyl adjacent to an activating group) is 1. The number of rotatable bonds is 6. The van der Waals surface area contributed by atoms with Crippen LogP contribution in [0, 0.1) is 0 Å². The van der Waals surface area contributed by atoms with Gasteiger partial charge in [0.2, 0.25) is 0 Å². The van der Waals surface area contributed by atoms with Crippen molar-refractivity contribution < 1.29 is 4.74 Å². The number of hydrogen-bond donors (Lipinski definition) is 1. The van der Waals surface area contributed by atoms with Crippen LogP contribution in [0.15, 0.2) is 0 Å². The zero-order chi connectivity index (χ0) is 14.9. The Balaban J connectivity index is 0. The molecule has 0 atom stereocenters. The van der Waals surface area contributed by atoms with E-state index in [1.165, 1.54) is 13.0 Å². The lowest BCUT2D eigenvalue weighted by atomic mass is 10.4. The van der Waals surface area contributed by atoms with Crippen molar-refractivity contribution in [2.24, 2.45) is 0 Å². The van der Waals surface area contributed by atoms with E-state index in [0.717, 1.165) is 45.9 Å².